The molecule has 0 saturated heterocycles. The Balaban J connectivity index is 1.45. The van der Waals surface area contributed by atoms with Crippen molar-refractivity contribution in [2.75, 3.05) is 0 Å². The van der Waals surface area contributed by atoms with Crippen molar-refractivity contribution in [1.29, 1.82) is 0 Å². The van der Waals surface area contributed by atoms with Gasteiger partial charge >= 0.3 is 0 Å². The van der Waals surface area contributed by atoms with Gasteiger partial charge in [0.2, 0.25) is 0 Å². The Hall–Kier alpha value is -3.84. The maximum Gasteiger partial charge on any atom is 0.0583 e. The first-order valence-electron chi connectivity index (χ1n) is 11.6. The summed E-state index contributed by atoms with van der Waals surface area (Å²) in [7, 11) is 0. The first kappa shape index (κ1) is 21.4. The zero-order chi connectivity index (χ0) is 23.9. The third kappa shape index (κ3) is 3.71. The minimum Gasteiger partial charge on any atom is -0.361 e. The van der Waals surface area contributed by atoms with Gasteiger partial charge in [-0.05, 0) is 106 Å². The minimum absolute atomic E-state index is 1.15. The van der Waals surface area contributed by atoms with Gasteiger partial charge in [0.25, 0.3) is 0 Å². The van der Waals surface area contributed by atoms with Crippen LogP contribution in [0.1, 0.15) is 0 Å². The van der Waals surface area contributed by atoms with E-state index in [1.165, 1.54) is 48.0 Å². The van der Waals surface area contributed by atoms with Gasteiger partial charge in [0.1, 0.15) is 0 Å². The lowest BCUT2D eigenvalue weighted by molar-refractivity contribution is 1.42. The zero-order valence-corrected chi connectivity index (χ0v) is 21.6. The molecule has 3 N–H and O–H groups in total. The summed E-state index contributed by atoms with van der Waals surface area (Å²) in [6.07, 6.45) is 5.97. The van der Waals surface area contributed by atoms with E-state index in [9.17, 15) is 0 Å². The van der Waals surface area contributed by atoms with Gasteiger partial charge in [-0.15, -0.1) is 34.0 Å². The molecule has 0 amide bonds. The van der Waals surface area contributed by atoms with Crippen molar-refractivity contribution in [3.63, 3.8) is 0 Å². The molecule has 6 heteroatoms. The summed E-state index contributed by atoms with van der Waals surface area (Å²) in [6.45, 7) is 0. The molecule has 0 unspecified atom stereocenters. The summed E-state index contributed by atoms with van der Waals surface area (Å²) >= 11 is 5.32. The monoisotopic (exact) mass is 519 g/mol. The number of hydrogen-bond donors (Lipinski definition) is 3. The first-order valence-corrected chi connectivity index (χ1v) is 14.3. The number of thiophene rings is 3. The molecule has 0 saturated carbocycles. The molecule has 0 bridgehead atoms. The van der Waals surface area contributed by atoms with Crippen LogP contribution in [0.15, 0.2) is 108 Å². The summed E-state index contributed by atoms with van der Waals surface area (Å²) < 4.78 is 0. The lowest BCUT2D eigenvalue weighted by Gasteiger charge is -2.12. The minimum atomic E-state index is 1.15. The van der Waals surface area contributed by atoms with Crippen molar-refractivity contribution < 1.29 is 0 Å². The molecule has 0 spiro atoms. The van der Waals surface area contributed by atoms with Gasteiger partial charge in [-0.2, -0.15) is 0 Å². The van der Waals surface area contributed by atoms with Crippen LogP contribution in [0.3, 0.4) is 0 Å². The molecule has 7 aromatic rings. The highest BCUT2D eigenvalue weighted by Crippen LogP contribution is 2.44. The number of rotatable bonds is 6. The molecule has 36 heavy (non-hydrogen) atoms. The van der Waals surface area contributed by atoms with Gasteiger partial charge in [0.05, 0.1) is 31.7 Å². The van der Waals surface area contributed by atoms with E-state index in [0.29, 0.717) is 0 Å². The fourth-order valence-electron chi connectivity index (χ4n) is 4.74. The van der Waals surface area contributed by atoms with Crippen LogP contribution < -0.4 is 0 Å². The Bertz CT molecular complexity index is 1510. The van der Waals surface area contributed by atoms with E-state index in [4.69, 9.17) is 0 Å². The molecule has 0 aliphatic carbocycles. The Labute approximate surface area is 220 Å². The third-order valence-electron chi connectivity index (χ3n) is 6.39. The van der Waals surface area contributed by atoms with Crippen molar-refractivity contribution in [3.8, 4) is 65.1 Å². The van der Waals surface area contributed by atoms with Crippen LogP contribution in [-0.4, -0.2) is 15.0 Å². The fraction of sp³-hybridized carbons (Fsp3) is 0. The van der Waals surface area contributed by atoms with E-state index in [1.54, 1.807) is 34.0 Å². The number of benzene rings is 1. The lowest BCUT2D eigenvalue weighted by Crippen LogP contribution is -1.87. The summed E-state index contributed by atoms with van der Waals surface area (Å²) in [5.41, 5.74) is 10.9. The predicted octanol–water partition coefficient (Wildman–Crippen LogP) is 9.86. The van der Waals surface area contributed by atoms with Crippen LogP contribution in [-0.2, 0) is 0 Å². The highest BCUT2D eigenvalue weighted by atomic mass is 32.1. The lowest BCUT2D eigenvalue weighted by atomic mass is 9.93. The fourth-order valence-corrected chi connectivity index (χ4v) is 7.47. The predicted molar refractivity (Wildman–Crippen MR) is 156 cm³/mol. The van der Waals surface area contributed by atoms with Crippen molar-refractivity contribution in [2.45, 2.75) is 0 Å². The molecule has 0 radical (unpaired) electrons. The zero-order valence-electron chi connectivity index (χ0n) is 19.1. The second-order valence-corrected chi connectivity index (χ2v) is 11.3. The van der Waals surface area contributed by atoms with Crippen LogP contribution in [0.25, 0.3) is 65.1 Å². The topological polar surface area (TPSA) is 47.4 Å². The van der Waals surface area contributed by atoms with E-state index >= 15 is 0 Å². The first-order chi connectivity index (χ1) is 17.8. The number of aromatic amines is 3. The highest BCUT2D eigenvalue weighted by Gasteiger charge is 2.18. The molecule has 1 aromatic carbocycles. The number of nitrogens with one attached hydrogen (secondary N) is 3. The maximum atomic E-state index is 3.39. The highest BCUT2D eigenvalue weighted by molar-refractivity contribution is 7.14. The van der Waals surface area contributed by atoms with E-state index in [0.717, 1.165) is 17.1 Å². The van der Waals surface area contributed by atoms with Gasteiger partial charge in [0.15, 0.2) is 0 Å². The van der Waals surface area contributed by atoms with E-state index in [2.05, 4.69) is 104 Å². The number of hydrogen-bond acceptors (Lipinski definition) is 3. The molecule has 0 aliphatic rings. The van der Waals surface area contributed by atoms with E-state index in [-0.39, 0.29) is 0 Å². The Morgan fingerprint density at radius 3 is 1.03 bits per heavy atom. The SMILES string of the molecule is c1c[nH]c(-c2sccc2-c2cc(-c3ccsc3-c3ccc[nH]3)cc(-c3ccsc3-c3ccc[nH]3)c2)c1. The van der Waals surface area contributed by atoms with Crippen molar-refractivity contribution in [2.24, 2.45) is 0 Å². The smallest absolute Gasteiger partial charge is 0.0583 e. The molecule has 174 valence electrons. The summed E-state index contributed by atoms with van der Waals surface area (Å²) in [5.74, 6) is 0. The Kier molecular flexibility index (Phi) is 5.35. The number of H-pyrrole nitrogens is 3. The van der Waals surface area contributed by atoms with Crippen LogP contribution in [0.4, 0.5) is 0 Å². The molecule has 6 heterocycles. The molecule has 0 fully saturated rings. The van der Waals surface area contributed by atoms with Crippen molar-refractivity contribution in [3.05, 3.63) is 108 Å². The van der Waals surface area contributed by atoms with Crippen molar-refractivity contribution >= 4 is 34.0 Å². The molecule has 6 aromatic heterocycles. The van der Waals surface area contributed by atoms with Crippen LogP contribution >= 0.6 is 34.0 Å². The summed E-state index contributed by atoms with van der Waals surface area (Å²) in [4.78, 5) is 14.0. The molecule has 3 nitrogen and oxygen atoms in total. The van der Waals surface area contributed by atoms with Crippen LogP contribution in [0.2, 0.25) is 0 Å². The molecular formula is C30H21N3S3. The van der Waals surface area contributed by atoms with Crippen LogP contribution in [0.5, 0.6) is 0 Å². The van der Waals surface area contributed by atoms with Gasteiger partial charge < -0.3 is 15.0 Å². The standard InChI is InChI=1S/C30H21N3S3/c1-4-25(31-10-1)28-22(7-13-34-28)19-16-20(23-8-14-35-29(23)26-5-2-11-32-26)18-21(17-19)24-9-15-36-30(24)27-6-3-12-33-27/h1-18,31-33H. The van der Waals surface area contributed by atoms with Crippen molar-refractivity contribution in [1.82, 2.24) is 15.0 Å². The molecular weight excluding hydrogens is 499 g/mol. The van der Waals surface area contributed by atoms with E-state index < -0.39 is 0 Å². The molecule has 0 aliphatic heterocycles. The molecule has 0 atom stereocenters. The maximum absolute atomic E-state index is 3.39. The summed E-state index contributed by atoms with van der Waals surface area (Å²) in [5, 5.41) is 6.55. The average molecular weight is 520 g/mol. The van der Waals surface area contributed by atoms with Gasteiger partial charge in [-0.25, -0.2) is 0 Å². The molecule has 7 rings (SSSR count). The largest absolute Gasteiger partial charge is 0.361 e. The quantitative estimate of drug-likeness (QED) is 0.196. The van der Waals surface area contributed by atoms with Gasteiger partial charge in [0, 0.05) is 35.3 Å². The second kappa shape index (κ2) is 8.99. The second-order valence-electron chi connectivity index (χ2n) is 8.54. The van der Waals surface area contributed by atoms with Crippen LogP contribution in [0, 0.1) is 0 Å². The number of aromatic nitrogens is 3. The third-order valence-corrected chi connectivity index (χ3v) is 9.23. The van der Waals surface area contributed by atoms with E-state index in [1.807, 2.05) is 18.6 Å². The van der Waals surface area contributed by atoms with Gasteiger partial charge in [-0.1, -0.05) is 0 Å². The Morgan fingerprint density at radius 2 is 0.750 bits per heavy atom. The Morgan fingerprint density at radius 1 is 0.417 bits per heavy atom. The normalized spacial score (nSPS) is 11.3. The van der Waals surface area contributed by atoms with Gasteiger partial charge in [-0.3, -0.25) is 0 Å². The average Bonchev–Trinajstić information content (AvgIpc) is 3.76. The summed E-state index contributed by atoms with van der Waals surface area (Å²) in [6, 6.07) is 26.3.